The van der Waals surface area contributed by atoms with Crippen LogP contribution in [0.2, 0.25) is 0 Å². The third-order valence-corrected chi connectivity index (χ3v) is 2.42. The fraction of sp³-hybridized carbons (Fsp3) is 0.333. The molecule has 0 aliphatic rings. The molecule has 80 valence electrons. The molecule has 1 rings (SSSR count). The number of Topliss-reactive ketones (excluding diaryl/α,β-unsaturated/α-hetero) is 1. The zero-order chi connectivity index (χ0) is 11.4. The second kappa shape index (κ2) is 4.73. The molecule has 0 aliphatic heterocycles. The lowest BCUT2D eigenvalue weighted by molar-refractivity contribution is -0.138. The van der Waals surface area contributed by atoms with Gasteiger partial charge in [-0.05, 0) is 18.9 Å². The summed E-state index contributed by atoms with van der Waals surface area (Å²) in [5, 5.41) is 9.02. The molecule has 1 unspecified atom stereocenters. The molecule has 1 aromatic rings. The smallest absolute Gasteiger partial charge is 0.310 e. The van der Waals surface area contributed by atoms with Gasteiger partial charge in [0.25, 0.3) is 0 Å². The number of carbonyl (C=O) groups excluding carboxylic acids is 1. The Morgan fingerprint density at radius 3 is 2.40 bits per heavy atom. The van der Waals surface area contributed by atoms with Gasteiger partial charge in [0.2, 0.25) is 0 Å². The topological polar surface area (TPSA) is 54.4 Å². The fourth-order valence-corrected chi connectivity index (χ4v) is 1.65. The molecule has 1 aromatic carbocycles. The van der Waals surface area contributed by atoms with E-state index in [2.05, 4.69) is 0 Å². The van der Waals surface area contributed by atoms with E-state index in [-0.39, 0.29) is 5.78 Å². The minimum atomic E-state index is -0.883. The Labute approximate surface area is 88.7 Å². The first kappa shape index (κ1) is 11.4. The van der Waals surface area contributed by atoms with Crippen molar-refractivity contribution < 1.29 is 14.7 Å². The van der Waals surface area contributed by atoms with Crippen LogP contribution in [0.1, 0.15) is 42.1 Å². The highest BCUT2D eigenvalue weighted by Gasteiger charge is 2.21. The molecule has 0 aromatic heterocycles. The Balaban J connectivity index is 3.22. The lowest BCUT2D eigenvalue weighted by Gasteiger charge is -2.13. The summed E-state index contributed by atoms with van der Waals surface area (Å²) in [4.78, 5) is 22.3. The summed E-state index contributed by atoms with van der Waals surface area (Å²) in [6.07, 6.45) is 0.486. The van der Waals surface area contributed by atoms with Crippen LogP contribution in [0.25, 0.3) is 0 Å². The number of hydrogen-bond donors (Lipinski definition) is 1. The SMILES string of the molecule is CCC(C(=O)O)c1ccccc1C(C)=O. The molecule has 15 heavy (non-hydrogen) atoms. The van der Waals surface area contributed by atoms with E-state index in [1.54, 1.807) is 31.2 Å². The molecule has 0 spiro atoms. The molecule has 0 aliphatic carbocycles. The van der Waals surface area contributed by atoms with Crippen LogP contribution in [0.3, 0.4) is 0 Å². The van der Waals surface area contributed by atoms with E-state index in [1.807, 2.05) is 0 Å². The first-order valence-electron chi connectivity index (χ1n) is 4.90. The summed E-state index contributed by atoms with van der Waals surface area (Å²) in [7, 11) is 0. The highest BCUT2D eigenvalue weighted by Crippen LogP contribution is 2.23. The number of carbonyl (C=O) groups is 2. The van der Waals surface area contributed by atoms with E-state index in [1.165, 1.54) is 6.92 Å². The van der Waals surface area contributed by atoms with Crippen molar-refractivity contribution in [3.63, 3.8) is 0 Å². The van der Waals surface area contributed by atoms with Crippen LogP contribution in [0.15, 0.2) is 24.3 Å². The minimum absolute atomic E-state index is 0.0923. The maximum Gasteiger partial charge on any atom is 0.310 e. The highest BCUT2D eigenvalue weighted by molar-refractivity contribution is 5.97. The first-order valence-corrected chi connectivity index (χ1v) is 4.90. The third kappa shape index (κ3) is 2.43. The maximum atomic E-state index is 11.3. The lowest BCUT2D eigenvalue weighted by atomic mass is 9.91. The summed E-state index contributed by atoms with van der Waals surface area (Å²) in [6, 6.07) is 6.88. The molecule has 1 atom stereocenters. The average molecular weight is 206 g/mol. The fourth-order valence-electron chi connectivity index (χ4n) is 1.65. The van der Waals surface area contributed by atoms with Gasteiger partial charge in [0.1, 0.15) is 0 Å². The summed E-state index contributed by atoms with van der Waals surface area (Å²) >= 11 is 0. The van der Waals surface area contributed by atoms with Crippen LogP contribution in [0.5, 0.6) is 0 Å². The van der Waals surface area contributed by atoms with Crippen molar-refractivity contribution in [1.82, 2.24) is 0 Å². The number of aliphatic carboxylic acids is 1. The average Bonchev–Trinajstić information content (AvgIpc) is 2.18. The molecule has 0 saturated heterocycles. The minimum Gasteiger partial charge on any atom is -0.481 e. The van der Waals surface area contributed by atoms with Crippen molar-refractivity contribution in [3.05, 3.63) is 35.4 Å². The van der Waals surface area contributed by atoms with E-state index < -0.39 is 11.9 Å². The Kier molecular flexibility index (Phi) is 3.61. The maximum absolute atomic E-state index is 11.3. The van der Waals surface area contributed by atoms with Crippen molar-refractivity contribution in [2.75, 3.05) is 0 Å². The molecular formula is C12H14O3. The lowest BCUT2D eigenvalue weighted by Crippen LogP contribution is -2.14. The largest absolute Gasteiger partial charge is 0.481 e. The molecule has 3 nitrogen and oxygen atoms in total. The standard InChI is InChI=1S/C12H14O3/c1-3-9(12(14)15)11-7-5-4-6-10(11)8(2)13/h4-7,9H,3H2,1-2H3,(H,14,15). The molecule has 3 heteroatoms. The molecule has 0 radical (unpaired) electrons. The van der Waals surface area contributed by atoms with Gasteiger partial charge < -0.3 is 5.11 Å². The molecule has 0 amide bonds. The molecule has 0 fully saturated rings. The Hall–Kier alpha value is -1.64. The van der Waals surface area contributed by atoms with Gasteiger partial charge in [-0.1, -0.05) is 31.2 Å². The van der Waals surface area contributed by atoms with E-state index in [0.29, 0.717) is 17.5 Å². The van der Waals surface area contributed by atoms with Gasteiger partial charge >= 0.3 is 5.97 Å². The van der Waals surface area contributed by atoms with Gasteiger partial charge in [-0.25, -0.2) is 0 Å². The number of rotatable bonds is 4. The Bertz CT molecular complexity index is 382. The molecule has 1 N–H and O–H groups in total. The molecule has 0 saturated carbocycles. The number of ketones is 1. The highest BCUT2D eigenvalue weighted by atomic mass is 16.4. The van der Waals surface area contributed by atoms with Crippen molar-refractivity contribution in [2.45, 2.75) is 26.2 Å². The monoisotopic (exact) mass is 206 g/mol. The predicted octanol–water partition coefficient (Wildman–Crippen LogP) is 2.47. The van der Waals surface area contributed by atoms with Gasteiger partial charge in [-0.15, -0.1) is 0 Å². The second-order valence-electron chi connectivity index (χ2n) is 3.44. The predicted molar refractivity (Wildman–Crippen MR) is 57.1 cm³/mol. The number of benzene rings is 1. The summed E-state index contributed by atoms with van der Waals surface area (Å²) < 4.78 is 0. The molecule has 0 heterocycles. The second-order valence-corrected chi connectivity index (χ2v) is 3.44. The number of hydrogen-bond acceptors (Lipinski definition) is 2. The van der Waals surface area contributed by atoms with Gasteiger partial charge in [-0.3, -0.25) is 9.59 Å². The van der Waals surface area contributed by atoms with E-state index in [4.69, 9.17) is 5.11 Å². The van der Waals surface area contributed by atoms with E-state index in [0.717, 1.165) is 0 Å². The van der Waals surface area contributed by atoms with E-state index >= 15 is 0 Å². The van der Waals surface area contributed by atoms with E-state index in [9.17, 15) is 9.59 Å². The van der Waals surface area contributed by atoms with Crippen LogP contribution < -0.4 is 0 Å². The first-order chi connectivity index (χ1) is 7.07. The van der Waals surface area contributed by atoms with Crippen LogP contribution >= 0.6 is 0 Å². The van der Waals surface area contributed by atoms with Gasteiger partial charge in [0.05, 0.1) is 5.92 Å². The van der Waals surface area contributed by atoms with Crippen molar-refractivity contribution in [3.8, 4) is 0 Å². The van der Waals surface area contributed by atoms with Crippen molar-refractivity contribution in [1.29, 1.82) is 0 Å². The Morgan fingerprint density at radius 1 is 1.33 bits per heavy atom. The van der Waals surface area contributed by atoms with Crippen LogP contribution in [0.4, 0.5) is 0 Å². The van der Waals surface area contributed by atoms with Crippen LogP contribution in [-0.4, -0.2) is 16.9 Å². The zero-order valence-electron chi connectivity index (χ0n) is 8.86. The Morgan fingerprint density at radius 2 is 1.93 bits per heavy atom. The number of carboxylic acid groups (broad SMARTS) is 1. The molecule has 0 bridgehead atoms. The van der Waals surface area contributed by atoms with Gasteiger partial charge in [0, 0.05) is 5.56 Å². The normalized spacial score (nSPS) is 12.1. The van der Waals surface area contributed by atoms with Crippen molar-refractivity contribution >= 4 is 11.8 Å². The summed E-state index contributed by atoms with van der Waals surface area (Å²) in [5.74, 6) is -1.57. The summed E-state index contributed by atoms with van der Waals surface area (Å²) in [6.45, 7) is 3.25. The van der Waals surface area contributed by atoms with Gasteiger partial charge in [-0.2, -0.15) is 0 Å². The van der Waals surface area contributed by atoms with Crippen LogP contribution in [-0.2, 0) is 4.79 Å². The van der Waals surface area contributed by atoms with Gasteiger partial charge in [0.15, 0.2) is 5.78 Å². The number of carboxylic acids is 1. The summed E-state index contributed by atoms with van der Waals surface area (Å²) in [5.41, 5.74) is 1.12. The quantitative estimate of drug-likeness (QED) is 0.770. The zero-order valence-corrected chi connectivity index (χ0v) is 8.86. The molecular weight excluding hydrogens is 192 g/mol. The van der Waals surface area contributed by atoms with Crippen molar-refractivity contribution in [2.24, 2.45) is 0 Å². The van der Waals surface area contributed by atoms with Crippen LogP contribution in [0, 0.1) is 0 Å². The third-order valence-electron chi connectivity index (χ3n) is 2.42.